The van der Waals surface area contributed by atoms with Gasteiger partial charge in [0, 0.05) is 5.56 Å². The molecule has 1 atom stereocenters. The SMILES string of the molecule is O=S1(=O)N[C@H](c2ccc(C(F)(F)F)cc2)c2ccccc2O1. The molecule has 4 nitrogen and oxygen atoms in total. The molecule has 2 aromatic carbocycles. The summed E-state index contributed by atoms with van der Waals surface area (Å²) in [4.78, 5) is 0. The first-order valence-electron chi connectivity index (χ1n) is 6.24. The topological polar surface area (TPSA) is 55.4 Å². The van der Waals surface area contributed by atoms with Crippen molar-refractivity contribution in [3.05, 3.63) is 65.2 Å². The minimum Gasteiger partial charge on any atom is -0.371 e. The van der Waals surface area contributed by atoms with Crippen LogP contribution in [0.1, 0.15) is 22.7 Å². The van der Waals surface area contributed by atoms with E-state index in [9.17, 15) is 21.6 Å². The Morgan fingerprint density at radius 2 is 1.64 bits per heavy atom. The Morgan fingerprint density at radius 1 is 1.00 bits per heavy atom. The number of benzene rings is 2. The Morgan fingerprint density at radius 3 is 2.27 bits per heavy atom. The second kappa shape index (κ2) is 4.99. The smallest absolute Gasteiger partial charge is 0.371 e. The monoisotopic (exact) mass is 329 g/mol. The minimum absolute atomic E-state index is 0.158. The zero-order chi connectivity index (χ0) is 16.0. The number of alkyl halides is 3. The maximum Gasteiger partial charge on any atom is 0.416 e. The van der Waals surface area contributed by atoms with Gasteiger partial charge in [-0.05, 0) is 23.8 Å². The maximum absolute atomic E-state index is 12.6. The average Bonchev–Trinajstić information content (AvgIpc) is 2.44. The van der Waals surface area contributed by atoms with Gasteiger partial charge in [0.2, 0.25) is 0 Å². The lowest BCUT2D eigenvalue weighted by Crippen LogP contribution is -2.37. The highest BCUT2D eigenvalue weighted by molar-refractivity contribution is 7.85. The molecule has 0 saturated heterocycles. The van der Waals surface area contributed by atoms with E-state index in [4.69, 9.17) is 4.18 Å². The summed E-state index contributed by atoms with van der Waals surface area (Å²) in [5.74, 6) is 0.158. The van der Waals surface area contributed by atoms with E-state index in [1.165, 1.54) is 18.2 Å². The van der Waals surface area contributed by atoms with Gasteiger partial charge < -0.3 is 4.18 Å². The van der Waals surface area contributed by atoms with E-state index in [1.807, 2.05) is 0 Å². The zero-order valence-corrected chi connectivity index (χ0v) is 11.8. The van der Waals surface area contributed by atoms with Crippen molar-refractivity contribution in [3.63, 3.8) is 0 Å². The molecular weight excluding hydrogens is 319 g/mol. The summed E-state index contributed by atoms with van der Waals surface area (Å²) in [7, 11) is -4.00. The number of fused-ring (bicyclic) bond motifs is 1. The van der Waals surface area contributed by atoms with Crippen LogP contribution < -0.4 is 8.91 Å². The van der Waals surface area contributed by atoms with Gasteiger partial charge in [0.15, 0.2) is 0 Å². The Balaban J connectivity index is 2.04. The Kier molecular flexibility index (Phi) is 3.37. The number of para-hydroxylation sites is 1. The highest BCUT2D eigenvalue weighted by Gasteiger charge is 2.33. The van der Waals surface area contributed by atoms with Crippen LogP contribution in [0.4, 0.5) is 13.2 Å². The van der Waals surface area contributed by atoms with Crippen LogP contribution >= 0.6 is 0 Å². The van der Waals surface area contributed by atoms with Gasteiger partial charge in [0.05, 0.1) is 11.6 Å². The van der Waals surface area contributed by atoms with E-state index >= 15 is 0 Å². The van der Waals surface area contributed by atoms with E-state index in [0.29, 0.717) is 11.1 Å². The van der Waals surface area contributed by atoms with Crippen LogP contribution in [0.15, 0.2) is 48.5 Å². The van der Waals surface area contributed by atoms with E-state index in [-0.39, 0.29) is 5.75 Å². The fourth-order valence-corrected chi connectivity index (χ4v) is 3.25. The van der Waals surface area contributed by atoms with Gasteiger partial charge in [-0.3, -0.25) is 0 Å². The van der Waals surface area contributed by atoms with Gasteiger partial charge in [0.1, 0.15) is 5.75 Å². The van der Waals surface area contributed by atoms with Crippen molar-refractivity contribution in [1.82, 2.24) is 4.72 Å². The molecule has 1 aliphatic rings. The van der Waals surface area contributed by atoms with Crippen molar-refractivity contribution in [1.29, 1.82) is 0 Å². The molecule has 1 aliphatic heterocycles. The van der Waals surface area contributed by atoms with Crippen LogP contribution in [-0.2, 0) is 16.5 Å². The lowest BCUT2D eigenvalue weighted by molar-refractivity contribution is -0.137. The maximum atomic E-state index is 12.6. The Labute approximate surface area is 124 Å². The molecule has 0 unspecified atom stereocenters. The molecule has 3 rings (SSSR count). The van der Waals surface area contributed by atoms with Gasteiger partial charge >= 0.3 is 16.5 Å². The van der Waals surface area contributed by atoms with Crippen LogP contribution in [0.2, 0.25) is 0 Å². The van der Waals surface area contributed by atoms with Crippen molar-refractivity contribution in [2.75, 3.05) is 0 Å². The van der Waals surface area contributed by atoms with E-state index in [1.54, 1.807) is 18.2 Å². The molecule has 1 heterocycles. The predicted octanol–water partition coefficient (Wildman–Crippen LogP) is 3.02. The molecule has 0 fully saturated rings. The normalized spacial score (nSPS) is 20.0. The number of rotatable bonds is 1. The molecule has 0 radical (unpaired) electrons. The van der Waals surface area contributed by atoms with Crippen LogP contribution in [0.5, 0.6) is 5.75 Å². The van der Waals surface area contributed by atoms with Gasteiger partial charge in [-0.25, -0.2) is 0 Å². The molecule has 116 valence electrons. The fraction of sp³-hybridized carbons (Fsp3) is 0.143. The second-order valence-corrected chi connectivity index (χ2v) is 6.06. The lowest BCUT2D eigenvalue weighted by atomic mass is 9.97. The molecule has 8 heteroatoms. The lowest BCUT2D eigenvalue weighted by Gasteiger charge is -2.26. The molecule has 0 spiro atoms. The summed E-state index contributed by atoms with van der Waals surface area (Å²) in [5, 5.41) is 0. The number of hydrogen-bond acceptors (Lipinski definition) is 3. The summed E-state index contributed by atoms with van der Waals surface area (Å²) < 4.78 is 68.3. The summed E-state index contributed by atoms with van der Waals surface area (Å²) >= 11 is 0. The highest BCUT2D eigenvalue weighted by atomic mass is 32.2. The van der Waals surface area contributed by atoms with Crippen LogP contribution in [0.3, 0.4) is 0 Å². The van der Waals surface area contributed by atoms with Crippen LogP contribution in [0, 0.1) is 0 Å². The van der Waals surface area contributed by atoms with Gasteiger partial charge in [0.25, 0.3) is 0 Å². The van der Waals surface area contributed by atoms with Crippen molar-refractivity contribution >= 4 is 10.3 Å². The second-order valence-electron chi connectivity index (χ2n) is 4.75. The largest absolute Gasteiger partial charge is 0.416 e. The first kappa shape index (κ1) is 14.9. The summed E-state index contributed by atoms with van der Waals surface area (Å²) in [6.07, 6.45) is -4.44. The molecule has 0 bridgehead atoms. The fourth-order valence-electron chi connectivity index (χ4n) is 2.26. The molecular formula is C14H10F3NO3S. The van der Waals surface area contributed by atoms with E-state index in [0.717, 1.165) is 12.1 Å². The zero-order valence-electron chi connectivity index (χ0n) is 11.0. The molecule has 2 aromatic rings. The first-order valence-corrected chi connectivity index (χ1v) is 7.65. The van der Waals surface area contributed by atoms with E-state index in [2.05, 4.69) is 4.72 Å². The Bertz CT molecular complexity index is 801. The summed E-state index contributed by atoms with van der Waals surface area (Å²) in [6, 6.07) is 9.99. The van der Waals surface area contributed by atoms with Crippen molar-refractivity contribution in [2.45, 2.75) is 12.2 Å². The third-order valence-electron chi connectivity index (χ3n) is 3.26. The average molecular weight is 329 g/mol. The molecule has 0 aromatic heterocycles. The van der Waals surface area contributed by atoms with Crippen LogP contribution in [-0.4, -0.2) is 8.42 Å². The van der Waals surface area contributed by atoms with E-state index < -0.39 is 28.1 Å². The number of nitrogens with one attached hydrogen (secondary N) is 1. The van der Waals surface area contributed by atoms with Gasteiger partial charge in [-0.2, -0.15) is 26.3 Å². The highest BCUT2D eigenvalue weighted by Crippen LogP contribution is 2.36. The first-order chi connectivity index (χ1) is 10.3. The third kappa shape index (κ3) is 2.79. The molecule has 0 amide bonds. The molecule has 0 saturated carbocycles. The predicted molar refractivity (Wildman–Crippen MR) is 72.4 cm³/mol. The van der Waals surface area contributed by atoms with Crippen molar-refractivity contribution in [2.24, 2.45) is 0 Å². The third-order valence-corrected chi connectivity index (χ3v) is 4.19. The molecule has 1 N–H and O–H groups in total. The van der Waals surface area contributed by atoms with Gasteiger partial charge in [-0.1, -0.05) is 30.3 Å². The van der Waals surface area contributed by atoms with Gasteiger partial charge in [-0.15, -0.1) is 0 Å². The quantitative estimate of drug-likeness (QED) is 0.875. The van der Waals surface area contributed by atoms with Crippen molar-refractivity contribution in [3.8, 4) is 5.75 Å². The summed E-state index contributed by atoms with van der Waals surface area (Å²) in [6.45, 7) is 0. The van der Waals surface area contributed by atoms with Crippen LogP contribution in [0.25, 0.3) is 0 Å². The molecule has 0 aliphatic carbocycles. The number of hydrogen-bond donors (Lipinski definition) is 1. The Hall–Kier alpha value is -2.06. The standard InChI is InChI=1S/C14H10F3NO3S/c15-14(16,17)10-7-5-9(6-8-10)13-11-3-1-2-4-12(11)21-22(19,20)18-13/h1-8,13,18H/t13-/m1/s1. The minimum atomic E-state index is -4.44. The molecule has 22 heavy (non-hydrogen) atoms. The van der Waals surface area contributed by atoms with Crippen molar-refractivity contribution < 1.29 is 25.8 Å². The number of halogens is 3. The summed E-state index contributed by atoms with van der Waals surface area (Å²) in [5.41, 5.74) is 0.142.